The molecule has 0 aromatic heterocycles. The van der Waals surface area contributed by atoms with Gasteiger partial charge in [-0.25, -0.2) is 0 Å². The van der Waals surface area contributed by atoms with Crippen LogP contribution in [0.15, 0.2) is 0 Å². The van der Waals surface area contributed by atoms with E-state index >= 15 is 0 Å². The van der Waals surface area contributed by atoms with Crippen molar-refractivity contribution < 1.29 is 0 Å². The quantitative estimate of drug-likeness (QED) is 0.453. The summed E-state index contributed by atoms with van der Waals surface area (Å²) in [5.74, 6) is 12.1. The summed E-state index contributed by atoms with van der Waals surface area (Å²) >= 11 is 0. The molecule has 0 aliphatic carbocycles. The van der Waals surface area contributed by atoms with E-state index in [0.717, 1.165) is 12.8 Å². The van der Waals surface area contributed by atoms with Gasteiger partial charge in [-0.1, -0.05) is 12.8 Å². The summed E-state index contributed by atoms with van der Waals surface area (Å²) in [6, 6.07) is 0. The van der Waals surface area contributed by atoms with Crippen molar-refractivity contribution in [3.63, 3.8) is 0 Å². The largest absolute Gasteiger partial charge is 0.0891 e. The zero-order chi connectivity index (χ0) is 6.95. The van der Waals surface area contributed by atoms with Crippen LogP contribution in [0.4, 0.5) is 0 Å². The molecule has 0 spiro atoms. The van der Waals surface area contributed by atoms with E-state index in [-0.39, 0.29) is 0 Å². The molecule has 0 aromatic carbocycles. The molecule has 0 heteroatoms. The highest BCUT2D eigenvalue weighted by Crippen LogP contribution is 1.79. The SMILES string of the molecule is [C]#CC#CC#CCCC. The van der Waals surface area contributed by atoms with E-state index in [1.165, 1.54) is 0 Å². The van der Waals surface area contributed by atoms with Crippen LogP contribution < -0.4 is 0 Å². The zero-order valence-electron chi connectivity index (χ0n) is 5.41. The molecule has 0 aliphatic rings. The molecule has 0 aliphatic heterocycles. The maximum absolute atomic E-state index is 6.39. The maximum Gasteiger partial charge on any atom is 0.00963 e. The molecule has 0 fully saturated rings. The van der Waals surface area contributed by atoms with Gasteiger partial charge >= 0.3 is 0 Å². The first-order valence-corrected chi connectivity index (χ1v) is 2.81. The second-order valence-electron chi connectivity index (χ2n) is 1.43. The zero-order valence-corrected chi connectivity index (χ0v) is 5.41. The van der Waals surface area contributed by atoms with Crippen LogP contribution in [-0.2, 0) is 0 Å². The second kappa shape index (κ2) is 6.68. The molecule has 0 unspecified atom stereocenters. The lowest BCUT2D eigenvalue weighted by molar-refractivity contribution is 0.983. The van der Waals surface area contributed by atoms with Gasteiger partial charge in [0.1, 0.15) is 0 Å². The summed E-state index contributed by atoms with van der Waals surface area (Å²) in [5, 5.41) is 0. The highest BCUT2D eigenvalue weighted by Gasteiger charge is 1.65. The van der Waals surface area contributed by atoms with Crippen LogP contribution in [0.1, 0.15) is 19.8 Å². The van der Waals surface area contributed by atoms with Crippen LogP contribution in [-0.4, -0.2) is 0 Å². The van der Waals surface area contributed by atoms with Gasteiger partial charge in [0.2, 0.25) is 0 Å². The molecule has 0 saturated heterocycles. The van der Waals surface area contributed by atoms with Crippen LogP contribution in [0, 0.1) is 36.0 Å². The van der Waals surface area contributed by atoms with E-state index < -0.39 is 0 Å². The topological polar surface area (TPSA) is 0 Å². The van der Waals surface area contributed by atoms with Gasteiger partial charge in [0.15, 0.2) is 0 Å². The molecule has 0 heterocycles. The molecule has 43 valence electrons. The molecular weight excluding hydrogens is 108 g/mol. The Morgan fingerprint density at radius 2 is 2.00 bits per heavy atom. The maximum atomic E-state index is 6.39. The third kappa shape index (κ3) is 6.68. The number of unbranched alkanes of at least 4 members (excludes halogenated alkanes) is 1. The van der Waals surface area contributed by atoms with Crippen LogP contribution in [0.25, 0.3) is 0 Å². The Bertz CT molecular complexity index is 206. The minimum atomic E-state index is 0.882. The second-order valence-corrected chi connectivity index (χ2v) is 1.43. The molecule has 0 aromatic rings. The number of hydrogen-bond donors (Lipinski definition) is 0. The Kier molecular flexibility index (Phi) is 5.70. The summed E-state index contributed by atoms with van der Waals surface area (Å²) in [4.78, 5) is 0. The van der Waals surface area contributed by atoms with E-state index in [9.17, 15) is 0 Å². The van der Waals surface area contributed by atoms with E-state index in [1.807, 2.05) is 5.92 Å². The Hall–Kier alpha value is -1.32. The predicted molar refractivity (Wildman–Crippen MR) is 37.6 cm³/mol. The van der Waals surface area contributed by atoms with E-state index in [1.54, 1.807) is 0 Å². The summed E-state index contributed by atoms with van der Waals surface area (Å²) in [5.41, 5.74) is 0. The smallest absolute Gasteiger partial charge is 0.00963 e. The van der Waals surface area contributed by atoms with Crippen molar-refractivity contribution in [2.45, 2.75) is 19.8 Å². The molecule has 9 heavy (non-hydrogen) atoms. The molecule has 0 amide bonds. The standard InChI is InChI=1S/C9H7/c1-3-5-7-9-8-6-4-2/h3,5H2,1H3. The van der Waals surface area contributed by atoms with Crippen LogP contribution >= 0.6 is 0 Å². The average molecular weight is 115 g/mol. The minimum absolute atomic E-state index is 0.882. The first-order chi connectivity index (χ1) is 4.41. The molecule has 0 saturated carbocycles. The Labute approximate surface area is 56.7 Å². The first kappa shape index (κ1) is 7.68. The molecule has 0 atom stereocenters. The van der Waals surface area contributed by atoms with Crippen molar-refractivity contribution in [2.75, 3.05) is 0 Å². The monoisotopic (exact) mass is 115 g/mol. The summed E-state index contributed by atoms with van der Waals surface area (Å²) in [6.45, 7) is 2.06. The van der Waals surface area contributed by atoms with Gasteiger partial charge in [0, 0.05) is 6.42 Å². The van der Waals surface area contributed by atoms with E-state index in [0.29, 0.717) is 0 Å². The lowest BCUT2D eigenvalue weighted by Crippen LogP contribution is -1.59. The van der Waals surface area contributed by atoms with Crippen molar-refractivity contribution >= 4 is 0 Å². The fourth-order valence-corrected chi connectivity index (χ4v) is 0.294. The fraction of sp³-hybridized carbons (Fsp3) is 0.333. The number of hydrogen-bond acceptors (Lipinski definition) is 0. The Morgan fingerprint density at radius 3 is 2.56 bits per heavy atom. The van der Waals surface area contributed by atoms with Crippen LogP contribution in [0.3, 0.4) is 0 Å². The summed E-state index contributed by atoms with van der Waals surface area (Å²) < 4.78 is 0. The average Bonchev–Trinajstić information content (AvgIpc) is 1.89. The molecular formula is C9H7. The highest BCUT2D eigenvalue weighted by atomic mass is 13.7. The molecule has 0 nitrogen and oxygen atoms in total. The lowest BCUT2D eigenvalue weighted by Gasteiger charge is -1.71. The lowest BCUT2D eigenvalue weighted by atomic mass is 10.3. The number of rotatable bonds is 1. The van der Waals surface area contributed by atoms with Gasteiger partial charge in [0.05, 0.1) is 0 Å². The van der Waals surface area contributed by atoms with Gasteiger partial charge in [-0.2, -0.15) is 0 Å². The van der Waals surface area contributed by atoms with Gasteiger partial charge in [-0.15, -0.1) is 0 Å². The third-order valence-corrected chi connectivity index (χ3v) is 0.651. The summed E-state index contributed by atoms with van der Waals surface area (Å²) in [7, 11) is 0. The van der Waals surface area contributed by atoms with Crippen molar-refractivity contribution in [3.05, 3.63) is 6.42 Å². The van der Waals surface area contributed by atoms with Crippen molar-refractivity contribution in [2.24, 2.45) is 0 Å². The fourth-order valence-electron chi connectivity index (χ4n) is 0.294. The van der Waals surface area contributed by atoms with Gasteiger partial charge in [-0.05, 0) is 36.5 Å². The van der Waals surface area contributed by atoms with Gasteiger partial charge in [0.25, 0.3) is 0 Å². The van der Waals surface area contributed by atoms with Crippen molar-refractivity contribution in [1.29, 1.82) is 0 Å². The summed E-state index contributed by atoms with van der Waals surface area (Å²) in [6.07, 6.45) is 8.33. The van der Waals surface area contributed by atoms with Gasteiger partial charge in [-0.3, -0.25) is 0 Å². The normalized spacial score (nSPS) is 5.33. The third-order valence-electron chi connectivity index (χ3n) is 0.651. The van der Waals surface area contributed by atoms with Crippen molar-refractivity contribution in [1.82, 2.24) is 0 Å². The van der Waals surface area contributed by atoms with Gasteiger partial charge < -0.3 is 0 Å². The van der Waals surface area contributed by atoms with Crippen molar-refractivity contribution in [3.8, 4) is 29.6 Å². The molecule has 0 N–H and O–H groups in total. The Morgan fingerprint density at radius 1 is 1.22 bits per heavy atom. The van der Waals surface area contributed by atoms with Crippen LogP contribution in [0.5, 0.6) is 0 Å². The minimum Gasteiger partial charge on any atom is -0.0891 e. The van der Waals surface area contributed by atoms with E-state index in [4.69, 9.17) is 6.42 Å². The first-order valence-electron chi connectivity index (χ1n) is 2.81. The van der Waals surface area contributed by atoms with E-state index in [2.05, 4.69) is 30.6 Å². The van der Waals surface area contributed by atoms with Crippen LogP contribution in [0.2, 0.25) is 0 Å². The predicted octanol–water partition coefficient (Wildman–Crippen LogP) is 1.38. The molecule has 1 radical (unpaired) electrons. The molecule has 0 rings (SSSR count). The molecule has 0 bridgehead atoms. The Balaban J connectivity index is 3.52. The highest BCUT2D eigenvalue weighted by molar-refractivity contribution is 5.32.